The van der Waals surface area contributed by atoms with Crippen LogP contribution in [0.5, 0.6) is 0 Å². The molecule has 2 atom stereocenters. The summed E-state index contributed by atoms with van der Waals surface area (Å²) in [6, 6.07) is 0. The van der Waals surface area contributed by atoms with Crippen molar-refractivity contribution < 1.29 is 29.0 Å². The Morgan fingerprint density at radius 1 is 1.47 bits per heavy atom. The van der Waals surface area contributed by atoms with Gasteiger partial charge in [-0.15, -0.1) is 0 Å². The number of hydrogen-bond donors (Lipinski definition) is 1. The first-order valence-corrected chi connectivity index (χ1v) is 4.25. The predicted octanol–water partition coefficient (Wildman–Crippen LogP) is -0.146. The van der Waals surface area contributed by atoms with E-state index in [4.69, 9.17) is 9.84 Å². The van der Waals surface area contributed by atoms with Crippen molar-refractivity contribution in [3.8, 4) is 0 Å². The van der Waals surface area contributed by atoms with Crippen LogP contribution in [-0.2, 0) is 23.9 Å². The van der Waals surface area contributed by atoms with Gasteiger partial charge in [-0.25, -0.2) is 0 Å². The third kappa shape index (κ3) is 2.33. The van der Waals surface area contributed by atoms with Gasteiger partial charge in [0.25, 0.3) is 0 Å². The molecule has 6 heteroatoms. The number of carbonyl (C=O) groups excluding carboxylic acids is 2. The van der Waals surface area contributed by atoms with Crippen molar-refractivity contribution in [3.05, 3.63) is 0 Å². The minimum absolute atomic E-state index is 0.362. The van der Waals surface area contributed by atoms with E-state index in [1.54, 1.807) is 0 Å². The number of hydrogen-bond acceptors (Lipinski definition) is 5. The zero-order valence-corrected chi connectivity index (χ0v) is 8.85. The molecule has 86 valence electrons. The smallest absolute Gasteiger partial charge is 0.326 e. The first-order valence-electron chi connectivity index (χ1n) is 4.25. The highest BCUT2D eigenvalue weighted by molar-refractivity contribution is 6.01. The number of ether oxygens (including phenoxy) is 2. The Labute approximate surface area is 87.2 Å². The molecule has 15 heavy (non-hydrogen) atoms. The van der Waals surface area contributed by atoms with Crippen molar-refractivity contribution >= 4 is 18.2 Å². The van der Waals surface area contributed by atoms with E-state index in [1.807, 2.05) is 0 Å². The summed E-state index contributed by atoms with van der Waals surface area (Å²) in [7, 11) is 2.32. The van der Waals surface area contributed by atoms with E-state index >= 15 is 0 Å². The highest BCUT2D eigenvalue weighted by Crippen LogP contribution is 2.29. The maximum Gasteiger partial charge on any atom is 0.326 e. The monoisotopic (exact) mass is 218 g/mol. The molecule has 0 aliphatic rings. The number of aldehydes is 1. The molecule has 0 radical (unpaired) electrons. The average Bonchev–Trinajstić information content (AvgIpc) is 2.23. The second-order valence-corrected chi connectivity index (χ2v) is 3.02. The number of esters is 1. The van der Waals surface area contributed by atoms with Crippen molar-refractivity contribution in [2.75, 3.05) is 14.2 Å². The topological polar surface area (TPSA) is 89.9 Å². The van der Waals surface area contributed by atoms with Crippen LogP contribution in [0.3, 0.4) is 0 Å². The molecule has 0 amide bonds. The molecule has 2 unspecified atom stereocenters. The zero-order valence-electron chi connectivity index (χ0n) is 8.85. The summed E-state index contributed by atoms with van der Waals surface area (Å²) in [5.41, 5.74) is -1.97. The van der Waals surface area contributed by atoms with Crippen LogP contribution in [-0.4, -0.2) is 43.7 Å². The molecule has 0 aromatic heterocycles. The zero-order chi connectivity index (χ0) is 12.1. The fraction of sp³-hybridized carbons (Fsp3) is 0.667. The first-order chi connectivity index (χ1) is 6.97. The van der Waals surface area contributed by atoms with Crippen LogP contribution in [0.2, 0.25) is 0 Å². The van der Waals surface area contributed by atoms with Gasteiger partial charge >= 0.3 is 11.9 Å². The van der Waals surface area contributed by atoms with E-state index in [-0.39, 0.29) is 0 Å². The molecule has 0 aromatic carbocycles. The molecule has 0 aromatic rings. The molecule has 0 saturated heterocycles. The Morgan fingerprint density at radius 3 is 2.27 bits per heavy atom. The Bertz CT molecular complexity index is 261. The fourth-order valence-corrected chi connectivity index (χ4v) is 1.28. The van der Waals surface area contributed by atoms with Crippen molar-refractivity contribution in [2.45, 2.75) is 19.4 Å². The summed E-state index contributed by atoms with van der Waals surface area (Å²) < 4.78 is 9.21. The minimum Gasteiger partial charge on any atom is -0.480 e. The number of rotatable bonds is 6. The largest absolute Gasteiger partial charge is 0.480 e. The van der Waals surface area contributed by atoms with Crippen LogP contribution in [0.1, 0.15) is 13.3 Å². The van der Waals surface area contributed by atoms with Gasteiger partial charge < -0.3 is 19.4 Å². The van der Waals surface area contributed by atoms with Gasteiger partial charge in [0.1, 0.15) is 6.29 Å². The van der Waals surface area contributed by atoms with Crippen LogP contribution in [0.15, 0.2) is 0 Å². The number of aliphatic carboxylic acids is 1. The van der Waals surface area contributed by atoms with Gasteiger partial charge in [0.05, 0.1) is 13.2 Å². The second kappa shape index (κ2) is 5.45. The molecule has 0 spiro atoms. The molecule has 0 aliphatic carbocycles. The maximum absolute atomic E-state index is 11.4. The molecule has 0 bridgehead atoms. The maximum atomic E-state index is 11.4. The van der Waals surface area contributed by atoms with Crippen molar-refractivity contribution in [2.24, 2.45) is 5.41 Å². The lowest BCUT2D eigenvalue weighted by atomic mass is 9.80. The highest BCUT2D eigenvalue weighted by Gasteiger charge is 2.52. The van der Waals surface area contributed by atoms with Crippen LogP contribution in [0.25, 0.3) is 0 Å². The summed E-state index contributed by atoms with van der Waals surface area (Å²) >= 11 is 0. The lowest BCUT2D eigenvalue weighted by molar-refractivity contribution is -0.178. The van der Waals surface area contributed by atoms with E-state index in [0.717, 1.165) is 7.11 Å². The lowest BCUT2D eigenvalue weighted by Gasteiger charge is -2.29. The number of carbonyl (C=O) groups is 3. The van der Waals surface area contributed by atoms with E-state index in [1.165, 1.54) is 14.0 Å². The SMILES string of the molecule is COC(=O)C(CC=O)(C(=O)O)C(C)OC. The van der Waals surface area contributed by atoms with Gasteiger partial charge in [0.15, 0.2) is 5.41 Å². The number of carboxylic acid groups (broad SMARTS) is 1. The summed E-state index contributed by atoms with van der Waals surface area (Å²) in [6.45, 7) is 1.40. The second-order valence-electron chi connectivity index (χ2n) is 3.02. The van der Waals surface area contributed by atoms with Gasteiger partial charge in [-0.2, -0.15) is 0 Å². The van der Waals surface area contributed by atoms with Gasteiger partial charge in [0.2, 0.25) is 0 Å². The van der Waals surface area contributed by atoms with Crippen molar-refractivity contribution in [3.63, 3.8) is 0 Å². The molecule has 0 rings (SSSR count). The molecule has 0 fully saturated rings. The van der Waals surface area contributed by atoms with Crippen LogP contribution < -0.4 is 0 Å². The fourth-order valence-electron chi connectivity index (χ4n) is 1.28. The van der Waals surface area contributed by atoms with Gasteiger partial charge in [0, 0.05) is 13.5 Å². The Morgan fingerprint density at radius 2 is 2.00 bits per heavy atom. The number of carboxylic acids is 1. The predicted molar refractivity (Wildman–Crippen MR) is 49.2 cm³/mol. The van der Waals surface area contributed by atoms with E-state index in [2.05, 4.69) is 4.74 Å². The minimum atomic E-state index is -1.97. The molecule has 0 heterocycles. The Hall–Kier alpha value is -1.43. The summed E-state index contributed by atoms with van der Waals surface area (Å²) in [4.78, 5) is 32.9. The lowest BCUT2D eigenvalue weighted by Crippen LogP contribution is -2.49. The van der Waals surface area contributed by atoms with Gasteiger partial charge in [-0.3, -0.25) is 9.59 Å². The van der Waals surface area contributed by atoms with Crippen LogP contribution >= 0.6 is 0 Å². The van der Waals surface area contributed by atoms with Crippen LogP contribution in [0.4, 0.5) is 0 Å². The van der Waals surface area contributed by atoms with Crippen LogP contribution in [0, 0.1) is 5.41 Å². The molecular formula is C9H14O6. The summed E-state index contributed by atoms with van der Waals surface area (Å²) in [5.74, 6) is -2.42. The summed E-state index contributed by atoms with van der Waals surface area (Å²) in [6.07, 6.45) is -1.07. The quantitative estimate of drug-likeness (QED) is 0.379. The molecular weight excluding hydrogens is 204 g/mol. The van der Waals surface area contributed by atoms with Crippen molar-refractivity contribution in [1.29, 1.82) is 0 Å². The molecule has 1 N–H and O–H groups in total. The highest BCUT2D eigenvalue weighted by atomic mass is 16.5. The first kappa shape index (κ1) is 13.6. The molecule has 6 nitrogen and oxygen atoms in total. The van der Waals surface area contributed by atoms with Crippen molar-refractivity contribution in [1.82, 2.24) is 0 Å². The Kier molecular flexibility index (Phi) is 4.93. The van der Waals surface area contributed by atoms with Gasteiger partial charge in [-0.1, -0.05) is 0 Å². The van der Waals surface area contributed by atoms with E-state index < -0.39 is 29.9 Å². The third-order valence-electron chi connectivity index (χ3n) is 2.38. The normalized spacial score (nSPS) is 16.2. The standard InChI is InChI=1S/C9H14O6/c1-6(14-2)9(4-5-10,7(11)12)8(13)15-3/h5-6H,4H2,1-3H3,(H,11,12). The van der Waals surface area contributed by atoms with E-state index in [0.29, 0.717) is 6.29 Å². The molecule has 0 aliphatic heterocycles. The third-order valence-corrected chi connectivity index (χ3v) is 2.38. The number of methoxy groups -OCH3 is 2. The van der Waals surface area contributed by atoms with Gasteiger partial charge in [-0.05, 0) is 6.92 Å². The summed E-state index contributed by atoms with van der Waals surface area (Å²) in [5, 5.41) is 9.02. The molecule has 0 saturated carbocycles. The average molecular weight is 218 g/mol. The Balaban J connectivity index is 5.34. The van der Waals surface area contributed by atoms with E-state index in [9.17, 15) is 14.4 Å².